The van der Waals surface area contributed by atoms with Crippen LogP contribution in [0, 0.1) is 5.92 Å². The van der Waals surface area contributed by atoms with Crippen molar-refractivity contribution >= 4 is 11.9 Å². The van der Waals surface area contributed by atoms with Gasteiger partial charge in [0.15, 0.2) is 0 Å². The third-order valence-electron chi connectivity index (χ3n) is 4.37. The second-order valence-electron chi connectivity index (χ2n) is 6.19. The van der Waals surface area contributed by atoms with Gasteiger partial charge in [0.2, 0.25) is 5.76 Å². The van der Waals surface area contributed by atoms with E-state index in [1.165, 1.54) is 0 Å². The lowest BCUT2D eigenvalue weighted by Gasteiger charge is -2.23. The molecule has 0 radical (unpaired) electrons. The molecule has 0 aromatic carbocycles. The normalized spacial score (nSPS) is 27.4. The van der Waals surface area contributed by atoms with E-state index in [4.69, 9.17) is 9.47 Å². The molecule has 124 valence electrons. The summed E-state index contributed by atoms with van der Waals surface area (Å²) in [6, 6.07) is 0.0844. The highest BCUT2D eigenvalue weighted by molar-refractivity contribution is 5.90. The molecule has 0 aromatic rings. The number of aliphatic hydroxyl groups is 1. The standard InChI is InChI=1S/C16H25NO5/c1-4-13(19)22-15(10(2)3)16(20)21-9-11-5-7-17-8-6-12(18)14(11)17/h11-12,14,18H,4-9H2,1-3H3. The van der Waals surface area contributed by atoms with Crippen molar-refractivity contribution in [1.82, 2.24) is 4.90 Å². The second kappa shape index (κ2) is 7.24. The van der Waals surface area contributed by atoms with Crippen molar-refractivity contribution in [3.8, 4) is 0 Å². The lowest BCUT2D eigenvalue weighted by Crippen LogP contribution is -2.36. The average molecular weight is 311 g/mol. The summed E-state index contributed by atoms with van der Waals surface area (Å²) in [7, 11) is 0. The maximum absolute atomic E-state index is 12.1. The van der Waals surface area contributed by atoms with Crippen LogP contribution in [0.15, 0.2) is 11.3 Å². The largest absolute Gasteiger partial charge is 0.459 e. The van der Waals surface area contributed by atoms with Gasteiger partial charge in [0, 0.05) is 24.9 Å². The van der Waals surface area contributed by atoms with E-state index in [0.717, 1.165) is 25.9 Å². The molecule has 2 aliphatic heterocycles. The Morgan fingerprint density at radius 2 is 1.91 bits per heavy atom. The maximum atomic E-state index is 12.1. The molecule has 6 nitrogen and oxygen atoms in total. The molecule has 2 aliphatic rings. The summed E-state index contributed by atoms with van der Waals surface area (Å²) in [6.07, 6.45) is 1.55. The minimum absolute atomic E-state index is 0.0197. The lowest BCUT2D eigenvalue weighted by molar-refractivity contribution is -0.152. The number of esters is 2. The second-order valence-corrected chi connectivity index (χ2v) is 6.19. The molecule has 0 spiro atoms. The molecule has 2 fully saturated rings. The summed E-state index contributed by atoms with van der Waals surface area (Å²) < 4.78 is 10.4. The zero-order valence-electron chi connectivity index (χ0n) is 13.5. The van der Waals surface area contributed by atoms with Gasteiger partial charge in [-0.2, -0.15) is 0 Å². The highest BCUT2D eigenvalue weighted by Crippen LogP contribution is 2.33. The molecule has 0 saturated carbocycles. The van der Waals surface area contributed by atoms with Gasteiger partial charge >= 0.3 is 11.9 Å². The van der Waals surface area contributed by atoms with Gasteiger partial charge in [-0.3, -0.25) is 9.69 Å². The van der Waals surface area contributed by atoms with E-state index in [1.807, 2.05) is 0 Å². The Kier molecular flexibility index (Phi) is 5.58. The molecule has 22 heavy (non-hydrogen) atoms. The predicted octanol–water partition coefficient (Wildman–Crippen LogP) is 1.23. The Balaban J connectivity index is 1.91. The summed E-state index contributed by atoms with van der Waals surface area (Å²) in [5.74, 6) is -0.936. The highest BCUT2D eigenvalue weighted by atomic mass is 16.6. The number of carbonyl (C=O) groups excluding carboxylic acids is 2. The van der Waals surface area contributed by atoms with Crippen molar-refractivity contribution in [1.29, 1.82) is 0 Å². The highest BCUT2D eigenvalue weighted by Gasteiger charge is 2.43. The van der Waals surface area contributed by atoms with Crippen LogP contribution in [0.25, 0.3) is 0 Å². The van der Waals surface area contributed by atoms with Crippen molar-refractivity contribution in [2.24, 2.45) is 5.92 Å². The van der Waals surface area contributed by atoms with Gasteiger partial charge in [-0.1, -0.05) is 6.92 Å². The number of hydrogen-bond donors (Lipinski definition) is 1. The van der Waals surface area contributed by atoms with Gasteiger partial charge < -0.3 is 14.6 Å². The van der Waals surface area contributed by atoms with E-state index in [2.05, 4.69) is 4.90 Å². The summed E-state index contributed by atoms with van der Waals surface area (Å²) >= 11 is 0. The SMILES string of the molecule is CCC(=O)OC(C(=O)OCC1CCN2CCC(O)C12)=C(C)C. The average Bonchev–Trinajstić information content (AvgIpc) is 3.05. The van der Waals surface area contributed by atoms with Crippen molar-refractivity contribution in [3.63, 3.8) is 0 Å². The Morgan fingerprint density at radius 1 is 1.23 bits per heavy atom. The first kappa shape index (κ1) is 17.0. The summed E-state index contributed by atoms with van der Waals surface area (Å²) in [6.45, 7) is 7.17. The number of carbonyl (C=O) groups is 2. The van der Waals surface area contributed by atoms with Gasteiger partial charge in [0.25, 0.3) is 0 Å². The quantitative estimate of drug-likeness (QED) is 0.467. The number of aliphatic hydroxyl groups excluding tert-OH is 1. The fourth-order valence-electron chi connectivity index (χ4n) is 3.20. The lowest BCUT2D eigenvalue weighted by atomic mass is 9.97. The molecule has 3 atom stereocenters. The zero-order valence-corrected chi connectivity index (χ0v) is 13.5. The smallest absolute Gasteiger partial charge is 0.374 e. The molecule has 2 saturated heterocycles. The van der Waals surface area contributed by atoms with Crippen LogP contribution in [-0.2, 0) is 19.1 Å². The predicted molar refractivity (Wildman–Crippen MR) is 79.8 cm³/mol. The van der Waals surface area contributed by atoms with Crippen molar-refractivity contribution < 1.29 is 24.2 Å². The number of allylic oxidation sites excluding steroid dienone is 1. The molecule has 0 bridgehead atoms. The van der Waals surface area contributed by atoms with E-state index in [-0.39, 0.29) is 36.9 Å². The molecule has 0 aliphatic carbocycles. The van der Waals surface area contributed by atoms with Crippen molar-refractivity contribution in [2.75, 3.05) is 19.7 Å². The molecule has 3 unspecified atom stereocenters. The molecular weight excluding hydrogens is 286 g/mol. The van der Waals surface area contributed by atoms with E-state index in [9.17, 15) is 14.7 Å². The van der Waals surface area contributed by atoms with Crippen LogP contribution >= 0.6 is 0 Å². The first-order chi connectivity index (χ1) is 10.4. The number of rotatable bonds is 5. The monoisotopic (exact) mass is 311 g/mol. The molecular formula is C16H25NO5. The van der Waals surface area contributed by atoms with Crippen LogP contribution in [0.3, 0.4) is 0 Å². The Morgan fingerprint density at radius 3 is 2.55 bits per heavy atom. The van der Waals surface area contributed by atoms with Crippen LogP contribution in [0.5, 0.6) is 0 Å². The van der Waals surface area contributed by atoms with Gasteiger partial charge in [0.1, 0.15) is 0 Å². The molecule has 2 rings (SSSR count). The maximum Gasteiger partial charge on any atom is 0.374 e. The minimum Gasteiger partial charge on any atom is -0.459 e. The van der Waals surface area contributed by atoms with Crippen LogP contribution in [-0.4, -0.2) is 53.8 Å². The number of nitrogens with zero attached hydrogens (tertiary/aromatic N) is 1. The zero-order chi connectivity index (χ0) is 16.3. The fourth-order valence-corrected chi connectivity index (χ4v) is 3.20. The van der Waals surface area contributed by atoms with Crippen LogP contribution in [0.4, 0.5) is 0 Å². The summed E-state index contributed by atoms with van der Waals surface area (Å²) in [5, 5.41) is 10.0. The first-order valence-corrected chi connectivity index (χ1v) is 7.91. The molecule has 1 N–H and O–H groups in total. The van der Waals surface area contributed by atoms with Gasteiger partial charge in [-0.15, -0.1) is 0 Å². The molecule has 0 amide bonds. The Labute approximate surface area is 131 Å². The number of fused-ring (bicyclic) bond motifs is 1. The van der Waals surface area contributed by atoms with E-state index >= 15 is 0 Å². The third-order valence-corrected chi connectivity index (χ3v) is 4.37. The fraction of sp³-hybridized carbons (Fsp3) is 0.750. The summed E-state index contributed by atoms with van der Waals surface area (Å²) in [4.78, 5) is 25.8. The van der Waals surface area contributed by atoms with Gasteiger partial charge in [-0.05, 0) is 38.8 Å². The first-order valence-electron chi connectivity index (χ1n) is 7.91. The minimum atomic E-state index is -0.604. The number of ether oxygens (including phenoxy) is 2. The Bertz CT molecular complexity index is 469. The summed E-state index contributed by atoms with van der Waals surface area (Å²) in [5.41, 5.74) is 0.612. The van der Waals surface area contributed by atoms with Crippen LogP contribution in [0.1, 0.15) is 40.0 Å². The Hall–Kier alpha value is -1.40. The van der Waals surface area contributed by atoms with Gasteiger partial charge in [-0.25, -0.2) is 4.79 Å². The third kappa shape index (κ3) is 3.67. The van der Waals surface area contributed by atoms with Crippen LogP contribution in [0.2, 0.25) is 0 Å². The van der Waals surface area contributed by atoms with E-state index in [0.29, 0.717) is 5.57 Å². The van der Waals surface area contributed by atoms with Crippen molar-refractivity contribution in [3.05, 3.63) is 11.3 Å². The molecule has 6 heteroatoms. The molecule has 0 aromatic heterocycles. The van der Waals surface area contributed by atoms with Crippen molar-refractivity contribution in [2.45, 2.75) is 52.2 Å². The molecule has 2 heterocycles. The van der Waals surface area contributed by atoms with E-state index in [1.54, 1.807) is 20.8 Å². The van der Waals surface area contributed by atoms with E-state index < -0.39 is 11.9 Å². The topological polar surface area (TPSA) is 76.1 Å². The van der Waals surface area contributed by atoms with Gasteiger partial charge in [0.05, 0.1) is 12.7 Å². The number of hydrogen-bond acceptors (Lipinski definition) is 6. The van der Waals surface area contributed by atoms with Crippen LogP contribution < -0.4 is 0 Å².